The zero-order valence-corrected chi connectivity index (χ0v) is 17.1. The van der Waals surface area contributed by atoms with Crippen molar-refractivity contribution in [2.45, 2.75) is 54.5 Å². The molecule has 2 atom stereocenters. The molecule has 188 valence electrons. The van der Waals surface area contributed by atoms with Gasteiger partial charge in [0.05, 0.1) is 13.2 Å². The van der Waals surface area contributed by atoms with Crippen LogP contribution in [-0.2, 0) is 18.5 Å². The summed E-state index contributed by atoms with van der Waals surface area (Å²) in [7, 11) is -4.23. The van der Waals surface area contributed by atoms with E-state index in [1.807, 2.05) is 4.74 Å². The van der Waals surface area contributed by atoms with Crippen molar-refractivity contribution in [3.63, 3.8) is 0 Å². The predicted octanol–water partition coefficient (Wildman–Crippen LogP) is 7.10. The van der Waals surface area contributed by atoms with E-state index in [-0.39, 0.29) is 0 Å². The van der Waals surface area contributed by atoms with Gasteiger partial charge < -0.3 is 9.05 Å². The highest BCUT2D eigenvalue weighted by Crippen LogP contribution is 2.63. The molecular weight excluding hydrogens is 545 g/mol. The summed E-state index contributed by atoms with van der Waals surface area (Å²) in [6.45, 7) is 0.207. The summed E-state index contributed by atoms with van der Waals surface area (Å²) in [5.41, 5.74) is -6.04. The van der Waals surface area contributed by atoms with Gasteiger partial charge in [0.1, 0.15) is 0 Å². The molecule has 0 saturated heterocycles. The molecule has 20 heteroatoms. The molecule has 4 nitrogen and oxygen atoms in total. The Kier molecular flexibility index (Phi) is 9.64. The minimum atomic E-state index is -7.43. The molecule has 0 heterocycles. The number of ether oxygens (including phenoxy) is 2. The monoisotopic (exact) mass is 554 g/mol. The van der Waals surface area contributed by atoms with E-state index in [9.17, 15) is 57.1 Å². The fourth-order valence-electron chi connectivity index (χ4n) is 1.34. The van der Waals surface area contributed by atoms with Gasteiger partial charge in [-0.1, -0.05) is 0 Å². The Morgan fingerprint density at radius 2 is 1.03 bits per heavy atom. The predicted molar refractivity (Wildman–Crippen MR) is 77.6 cm³/mol. The van der Waals surface area contributed by atoms with E-state index in [2.05, 4.69) is 37.0 Å². The van der Waals surface area contributed by atoms with Gasteiger partial charge in [-0.15, -0.1) is 0 Å². The second-order valence-electron chi connectivity index (χ2n) is 4.98. The van der Waals surface area contributed by atoms with Crippen molar-refractivity contribution in [1.29, 1.82) is 0 Å². The highest BCUT2D eigenvalue weighted by Gasteiger charge is 2.82. The van der Waals surface area contributed by atoms with Gasteiger partial charge in [-0.2, -0.15) is 57.1 Å². The molecule has 0 aliphatic heterocycles. The second kappa shape index (κ2) is 9.66. The molecule has 0 aliphatic carbocycles. The van der Waals surface area contributed by atoms with E-state index in [0.29, 0.717) is 0 Å². The lowest BCUT2D eigenvalue weighted by atomic mass is 10.2. The molecular formula is C11H10Cl2F13O4P. The van der Waals surface area contributed by atoms with E-state index in [1.54, 1.807) is 0 Å². The van der Waals surface area contributed by atoms with Crippen molar-refractivity contribution < 1.29 is 75.6 Å². The van der Waals surface area contributed by atoms with Gasteiger partial charge in [0, 0.05) is 0 Å². The van der Waals surface area contributed by atoms with Gasteiger partial charge in [-0.25, -0.2) is 0 Å². The maximum Gasteiger partial charge on any atom is 0.458 e. The molecule has 0 spiro atoms. The lowest BCUT2D eigenvalue weighted by molar-refractivity contribution is -0.526. The topological polar surface area (TPSA) is 36.9 Å². The summed E-state index contributed by atoms with van der Waals surface area (Å²) < 4.78 is 186. The first kappa shape index (κ1) is 30.9. The maximum absolute atomic E-state index is 14.0. The molecule has 0 amide bonds. The molecule has 0 rings (SSSR count). The summed E-state index contributed by atoms with van der Waals surface area (Å²) in [6.07, 6.45) is -21.5. The number of alkyl halides is 15. The zero-order valence-electron chi connectivity index (χ0n) is 14.7. The molecule has 0 radical (unpaired) electrons. The van der Waals surface area contributed by atoms with Crippen LogP contribution in [0.15, 0.2) is 0 Å². The second-order valence-corrected chi connectivity index (χ2v) is 7.53. The first-order valence-electron chi connectivity index (χ1n) is 7.23. The molecule has 0 aliphatic rings. The van der Waals surface area contributed by atoms with Crippen molar-refractivity contribution in [3.05, 3.63) is 0 Å². The quantitative estimate of drug-likeness (QED) is 0.146. The molecule has 0 bridgehead atoms. The Balaban J connectivity index is 6.38. The highest BCUT2D eigenvalue weighted by molar-refractivity contribution is 7.48. The number of halogens is 15. The van der Waals surface area contributed by atoms with Crippen molar-refractivity contribution in [2.75, 3.05) is 13.2 Å². The maximum atomic E-state index is 14.0. The Morgan fingerprint density at radius 1 is 0.645 bits per heavy atom. The van der Waals surface area contributed by atoms with Gasteiger partial charge in [0.25, 0.3) is 8.38 Å². The third-order valence-electron chi connectivity index (χ3n) is 2.67. The molecule has 0 fully saturated rings. The third kappa shape index (κ3) is 6.51. The van der Waals surface area contributed by atoms with Crippen LogP contribution in [0.3, 0.4) is 0 Å². The summed E-state index contributed by atoms with van der Waals surface area (Å²) >= 11 is 7.90. The van der Waals surface area contributed by atoms with Crippen LogP contribution < -0.4 is 0 Å². The van der Waals surface area contributed by atoms with Gasteiger partial charge >= 0.3 is 40.6 Å². The van der Waals surface area contributed by atoms with Gasteiger partial charge in [0.15, 0.2) is 0 Å². The fraction of sp³-hybridized carbons (Fsp3) is 1.00. The highest BCUT2D eigenvalue weighted by atomic mass is 35.5. The van der Waals surface area contributed by atoms with Crippen LogP contribution in [0.2, 0.25) is 0 Å². The first-order chi connectivity index (χ1) is 13.4. The minimum absolute atomic E-state index is 0.821. The van der Waals surface area contributed by atoms with Crippen LogP contribution in [0.4, 0.5) is 57.1 Å². The lowest BCUT2D eigenvalue weighted by Gasteiger charge is -2.40. The summed E-state index contributed by atoms with van der Waals surface area (Å²) in [5.74, 6) is -7.37. The summed E-state index contributed by atoms with van der Waals surface area (Å²) in [5, 5.41) is -11.7. The van der Waals surface area contributed by atoms with Crippen LogP contribution in [0.1, 0.15) is 13.8 Å². The Bertz CT molecular complexity index is 595. The Labute approximate surface area is 175 Å². The molecule has 31 heavy (non-hydrogen) atoms. The van der Waals surface area contributed by atoms with Crippen molar-refractivity contribution in [3.8, 4) is 0 Å². The molecule has 2 unspecified atom stereocenters. The zero-order chi connectivity index (χ0) is 25.3. The third-order valence-corrected chi connectivity index (χ3v) is 5.02. The van der Waals surface area contributed by atoms with Gasteiger partial charge in [-0.3, -0.25) is 9.47 Å². The van der Waals surface area contributed by atoms with E-state index in [0.717, 1.165) is 13.8 Å². The van der Waals surface area contributed by atoms with E-state index >= 15 is 0 Å². The van der Waals surface area contributed by atoms with Crippen LogP contribution in [0, 0.1) is 0 Å². The number of hydrogen-bond acceptors (Lipinski definition) is 4. The molecule has 0 saturated carbocycles. The van der Waals surface area contributed by atoms with Crippen LogP contribution >= 0.6 is 31.6 Å². The van der Waals surface area contributed by atoms with E-state index in [4.69, 9.17) is 0 Å². The normalized spacial score (nSPS) is 18.8. The average Bonchev–Trinajstić information content (AvgIpc) is 2.50. The van der Waals surface area contributed by atoms with E-state index < -0.39 is 62.2 Å². The number of hydrogen-bond donors (Lipinski definition) is 0. The van der Waals surface area contributed by atoms with Crippen molar-refractivity contribution >= 4 is 31.6 Å². The number of rotatable bonds is 12. The van der Waals surface area contributed by atoms with Crippen LogP contribution in [0.5, 0.6) is 0 Å². The summed E-state index contributed by atoms with van der Waals surface area (Å²) in [6, 6.07) is 0. The van der Waals surface area contributed by atoms with Crippen molar-refractivity contribution in [2.24, 2.45) is 0 Å². The SMILES string of the molecule is CCOP(OCC)C(F)(F)C(F)(F)OC(F)(C(F)(F)F)C(F)(F)OC(F)(Cl)C(F)(F)Cl. The molecule has 0 aromatic carbocycles. The van der Waals surface area contributed by atoms with E-state index in [1.165, 1.54) is 0 Å². The Hall–Kier alpha value is -0.0600. The first-order valence-corrected chi connectivity index (χ1v) is 9.16. The molecule has 0 aromatic rings. The molecule has 0 N–H and O–H groups in total. The molecule has 0 aromatic heterocycles. The standard InChI is InChI=1S/C11H10Cl2F13O4P/c1-3-27-31(28-4-2)11(25,26)10(23,24)29-5(14,8(18,19)20)9(21,22)30-7(13,17)6(12,15)16/h3-4H2,1-2H3. The summed E-state index contributed by atoms with van der Waals surface area (Å²) in [4.78, 5) is 0. The van der Waals surface area contributed by atoms with Crippen LogP contribution in [-0.4, -0.2) is 53.8 Å². The lowest BCUT2D eigenvalue weighted by Crippen LogP contribution is -2.65. The fourth-order valence-corrected chi connectivity index (χ4v) is 2.61. The average molecular weight is 555 g/mol. The smallest absolute Gasteiger partial charge is 0.330 e. The van der Waals surface area contributed by atoms with Crippen molar-refractivity contribution in [1.82, 2.24) is 0 Å². The largest absolute Gasteiger partial charge is 0.458 e. The minimum Gasteiger partial charge on any atom is -0.330 e. The van der Waals surface area contributed by atoms with Gasteiger partial charge in [0.2, 0.25) is 0 Å². The van der Waals surface area contributed by atoms with Gasteiger partial charge in [-0.05, 0) is 37.0 Å². The van der Waals surface area contributed by atoms with Crippen LogP contribution in [0.25, 0.3) is 0 Å². The Morgan fingerprint density at radius 3 is 1.32 bits per heavy atom.